The molecule has 1 atom stereocenters. The Balaban J connectivity index is 1.77. The Morgan fingerprint density at radius 3 is 2.50 bits per heavy atom. The second-order valence-electron chi connectivity index (χ2n) is 6.36. The molecule has 0 saturated heterocycles. The standard InChI is InChI=1S/C18H18Cl2N2O3S/c1-11(12-5-6-12)21-18(23)13-3-2-4-14(9-13)22-26(24,25)15-7-8-16(19)17(20)10-15/h2-4,7-12,22H,5-6H2,1H3,(H,21,23)/t11-/m0/s1. The largest absolute Gasteiger partial charge is 0.349 e. The Kier molecular flexibility index (Phi) is 5.46. The van der Waals surface area contributed by atoms with E-state index in [4.69, 9.17) is 23.2 Å². The van der Waals surface area contributed by atoms with E-state index < -0.39 is 10.0 Å². The lowest BCUT2D eigenvalue weighted by atomic mass is 10.1. The van der Waals surface area contributed by atoms with E-state index in [2.05, 4.69) is 10.0 Å². The highest BCUT2D eigenvalue weighted by molar-refractivity contribution is 7.92. The van der Waals surface area contributed by atoms with E-state index in [0.29, 0.717) is 17.2 Å². The summed E-state index contributed by atoms with van der Waals surface area (Å²) in [4.78, 5) is 12.3. The van der Waals surface area contributed by atoms with Crippen LogP contribution in [0, 0.1) is 5.92 Å². The van der Waals surface area contributed by atoms with Gasteiger partial charge in [0.1, 0.15) is 0 Å². The molecule has 0 bridgehead atoms. The van der Waals surface area contributed by atoms with Gasteiger partial charge in [0, 0.05) is 17.3 Å². The number of anilines is 1. The molecule has 3 rings (SSSR count). The van der Waals surface area contributed by atoms with Crippen molar-refractivity contribution in [2.24, 2.45) is 5.92 Å². The maximum absolute atomic E-state index is 12.5. The Bertz CT molecular complexity index is 943. The quantitative estimate of drug-likeness (QED) is 0.741. The van der Waals surface area contributed by atoms with Crippen molar-refractivity contribution in [1.29, 1.82) is 0 Å². The molecule has 1 saturated carbocycles. The molecule has 0 unspecified atom stereocenters. The number of sulfonamides is 1. The van der Waals surface area contributed by atoms with Crippen LogP contribution in [0.15, 0.2) is 47.4 Å². The second kappa shape index (κ2) is 7.47. The molecule has 0 radical (unpaired) electrons. The van der Waals surface area contributed by atoms with Crippen molar-refractivity contribution in [1.82, 2.24) is 5.32 Å². The molecule has 0 heterocycles. The van der Waals surface area contributed by atoms with Gasteiger partial charge in [0.15, 0.2) is 0 Å². The van der Waals surface area contributed by atoms with Gasteiger partial charge in [-0.25, -0.2) is 8.42 Å². The minimum atomic E-state index is -3.85. The van der Waals surface area contributed by atoms with E-state index >= 15 is 0 Å². The maximum atomic E-state index is 12.5. The first-order valence-electron chi connectivity index (χ1n) is 8.15. The van der Waals surface area contributed by atoms with Gasteiger partial charge in [-0.2, -0.15) is 0 Å². The third-order valence-corrected chi connectivity index (χ3v) is 6.38. The minimum Gasteiger partial charge on any atom is -0.349 e. The molecule has 2 aromatic rings. The summed E-state index contributed by atoms with van der Waals surface area (Å²) in [7, 11) is -3.85. The lowest BCUT2D eigenvalue weighted by molar-refractivity contribution is 0.0936. The Labute approximate surface area is 162 Å². The Hall–Kier alpha value is -1.76. The summed E-state index contributed by atoms with van der Waals surface area (Å²) < 4.78 is 27.5. The van der Waals surface area contributed by atoms with Gasteiger partial charge in [-0.3, -0.25) is 9.52 Å². The van der Waals surface area contributed by atoms with E-state index in [-0.39, 0.29) is 26.9 Å². The van der Waals surface area contributed by atoms with E-state index in [0.717, 1.165) is 12.8 Å². The summed E-state index contributed by atoms with van der Waals surface area (Å²) in [6.45, 7) is 1.98. The summed E-state index contributed by atoms with van der Waals surface area (Å²) in [5, 5.41) is 3.37. The number of rotatable bonds is 6. The monoisotopic (exact) mass is 412 g/mol. The highest BCUT2D eigenvalue weighted by Crippen LogP contribution is 2.32. The van der Waals surface area contributed by atoms with Crippen molar-refractivity contribution in [3.05, 3.63) is 58.1 Å². The normalized spacial score (nSPS) is 15.3. The molecule has 8 heteroatoms. The smallest absolute Gasteiger partial charge is 0.261 e. The number of carbonyl (C=O) groups is 1. The molecule has 138 valence electrons. The van der Waals surface area contributed by atoms with Gasteiger partial charge >= 0.3 is 0 Å². The summed E-state index contributed by atoms with van der Waals surface area (Å²) >= 11 is 11.7. The lowest BCUT2D eigenvalue weighted by Gasteiger charge is -2.14. The van der Waals surface area contributed by atoms with Crippen LogP contribution in [-0.2, 0) is 10.0 Å². The molecule has 0 aliphatic heterocycles. The molecular weight excluding hydrogens is 395 g/mol. The Morgan fingerprint density at radius 2 is 1.85 bits per heavy atom. The molecular formula is C18H18Cl2N2O3S. The van der Waals surface area contributed by atoms with Crippen LogP contribution in [0.1, 0.15) is 30.1 Å². The van der Waals surface area contributed by atoms with Gasteiger partial charge in [0.2, 0.25) is 0 Å². The number of carbonyl (C=O) groups excluding carboxylic acids is 1. The van der Waals surface area contributed by atoms with Crippen LogP contribution in [0.4, 0.5) is 5.69 Å². The highest BCUT2D eigenvalue weighted by Gasteiger charge is 2.29. The van der Waals surface area contributed by atoms with E-state index in [1.54, 1.807) is 18.2 Å². The molecule has 0 aromatic heterocycles. The zero-order chi connectivity index (χ0) is 18.9. The fourth-order valence-corrected chi connectivity index (χ4v) is 4.02. The first-order valence-corrected chi connectivity index (χ1v) is 10.4. The SMILES string of the molecule is C[C@H](NC(=O)c1cccc(NS(=O)(=O)c2ccc(Cl)c(Cl)c2)c1)C1CC1. The zero-order valence-electron chi connectivity index (χ0n) is 14.0. The van der Waals surface area contributed by atoms with E-state index in [1.165, 1.54) is 24.3 Å². The second-order valence-corrected chi connectivity index (χ2v) is 8.86. The summed E-state index contributed by atoms with van der Waals surface area (Å²) in [6.07, 6.45) is 2.26. The molecule has 26 heavy (non-hydrogen) atoms. The van der Waals surface area contributed by atoms with Gasteiger partial charge < -0.3 is 5.32 Å². The number of hydrogen-bond donors (Lipinski definition) is 2. The topological polar surface area (TPSA) is 75.3 Å². The van der Waals surface area contributed by atoms with Crippen molar-refractivity contribution in [2.45, 2.75) is 30.7 Å². The minimum absolute atomic E-state index is 0.0101. The zero-order valence-corrected chi connectivity index (χ0v) is 16.3. The average molecular weight is 413 g/mol. The molecule has 1 fully saturated rings. The lowest BCUT2D eigenvalue weighted by Crippen LogP contribution is -2.34. The molecule has 1 aliphatic carbocycles. The molecule has 2 N–H and O–H groups in total. The van der Waals surface area contributed by atoms with Crippen molar-refractivity contribution >= 4 is 44.8 Å². The van der Waals surface area contributed by atoms with Gasteiger partial charge in [0.25, 0.3) is 15.9 Å². The summed E-state index contributed by atoms with van der Waals surface area (Å²) in [5.41, 5.74) is 0.689. The van der Waals surface area contributed by atoms with E-state index in [9.17, 15) is 13.2 Å². The number of benzene rings is 2. The average Bonchev–Trinajstić information content (AvgIpc) is 3.42. The number of nitrogens with one attached hydrogen (secondary N) is 2. The third kappa shape index (κ3) is 4.50. The summed E-state index contributed by atoms with van der Waals surface area (Å²) in [6, 6.07) is 10.5. The van der Waals surface area contributed by atoms with Crippen molar-refractivity contribution in [3.8, 4) is 0 Å². The first-order chi connectivity index (χ1) is 12.3. The molecule has 0 spiro atoms. The fourth-order valence-electron chi connectivity index (χ4n) is 2.59. The predicted molar refractivity (Wildman–Crippen MR) is 103 cm³/mol. The molecule has 5 nitrogen and oxygen atoms in total. The highest BCUT2D eigenvalue weighted by atomic mass is 35.5. The number of halogens is 2. The van der Waals surface area contributed by atoms with Gasteiger partial charge in [-0.15, -0.1) is 0 Å². The van der Waals surface area contributed by atoms with Gasteiger partial charge in [-0.1, -0.05) is 29.3 Å². The number of amides is 1. The van der Waals surface area contributed by atoms with Crippen LogP contribution in [0.5, 0.6) is 0 Å². The van der Waals surface area contributed by atoms with Crippen LogP contribution < -0.4 is 10.0 Å². The van der Waals surface area contributed by atoms with Gasteiger partial charge in [-0.05, 0) is 62.1 Å². The number of hydrogen-bond acceptors (Lipinski definition) is 3. The van der Waals surface area contributed by atoms with Crippen LogP contribution in [-0.4, -0.2) is 20.4 Å². The first kappa shape index (κ1) is 19.0. The van der Waals surface area contributed by atoms with E-state index in [1.807, 2.05) is 6.92 Å². The molecule has 2 aromatic carbocycles. The molecule has 1 aliphatic rings. The van der Waals surface area contributed by atoms with Crippen LogP contribution >= 0.6 is 23.2 Å². The summed E-state index contributed by atoms with van der Waals surface area (Å²) in [5.74, 6) is 0.315. The van der Waals surface area contributed by atoms with Crippen LogP contribution in [0.3, 0.4) is 0 Å². The van der Waals surface area contributed by atoms with Gasteiger partial charge in [0.05, 0.1) is 14.9 Å². The fraction of sp³-hybridized carbons (Fsp3) is 0.278. The van der Waals surface area contributed by atoms with Crippen LogP contribution in [0.25, 0.3) is 0 Å². The third-order valence-electron chi connectivity index (χ3n) is 4.27. The molecule has 1 amide bonds. The van der Waals surface area contributed by atoms with Crippen molar-refractivity contribution in [3.63, 3.8) is 0 Å². The van der Waals surface area contributed by atoms with Crippen molar-refractivity contribution in [2.75, 3.05) is 4.72 Å². The predicted octanol–water partition coefficient (Wildman–Crippen LogP) is 4.32. The maximum Gasteiger partial charge on any atom is 0.261 e. The van der Waals surface area contributed by atoms with Crippen LogP contribution in [0.2, 0.25) is 10.0 Å². The van der Waals surface area contributed by atoms with Crippen molar-refractivity contribution < 1.29 is 13.2 Å². The Morgan fingerprint density at radius 1 is 1.12 bits per heavy atom.